The third-order valence-electron chi connectivity index (χ3n) is 1.93. The van der Waals surface area contributed by atoms with Gasteiger partial charge in [-0.25, -0.2) is 4.21 Å². The molecule has 0 fully saturated rings. The molecule has 7 heteroatoms. The third-order valence-corrected chi connectivity index (χ3v) is 2.57. The van der Waals surface area contributed by atoms with E-state index in [0.717, 1.165) is 0 Å². The van der Waals surface area contributed by atoms with E-state index in [-0.39, 0.29) is 5.70 Å². The highest BCUT2D eigenvalue weighted by Gasteiger charge is 2.37. The van der Waals surface area contributed by atoms with Crippen LogP contribution in [-0.2, 0) is 14.5 Å². The van der Waals surface area contributed by atoms with Gasteiger partial charge in [0.1, 0.15) is 0 Å². The lowest BCUT2D eigenvalue weighted by Crippen LogP contribution is -2.20. The van der Waals surface area contributed by atoms with E-state index in [4.69, 9.17) is 0 Å². The molecule has 19 heavy (non-hydrogen) atoms. The van der Waals surface area contributed by atoms with Gasteiger partial charge in [-0.1, -0.05) is 30.3 Å². The summed E-state index contributed by atoms with van der Waals surface area (Å²) >= 11 is 0. The minimum atomic E-state index is -4.97. The smallest absolute Gasteiger partial charge is 0.285 e. The van der Waals surface area contributed by atoms with Gasteiger partial charge in [-0.15, -0.1) is 0 Å². The fourth-order valence-corrected chi connectivity index (χ4v) is 1.85. The topological polar surface area (TPSA) is 46.5 Å². The fraction of sp³-hybridized carbons (Fsp3) is 0.250. The van der Waals surface area contributed by atoms with E-state index in [0.29, 0.717) is 11.6 Å². The lowest BCUT2D eigenvalue weighted by molar-refractivity contribution is -0.165. The average Bonchev–Trinajstić information content (AvgIpc) is 2.26. The first kappa shape index (κ1) is 15.4. The Hall–Kier alpha value is -1.63. The maximum atomic E-state index is 12.3. The number of ketones is 1. The Morgan fingerprint density at radius 1 is 1.21 bits per heavy atom. The number of hydrogen-bond acceptors (Lipinski definition) is 3. The van der Waals surface area contributed by atoms with Crippen LogP contribution in [0.25, 0.3) is 5.70 Å². The molecule has 0 bridgehead atoms. The van der Waals surface area contributed by atoms with E-state index in [1.807, 2.05) is 0 Å². The molecule has 0 aromatic heterocycles. The van der Waals surface area contributed by atoms with Crippen LogP contribution in [0.15, 0.2) is 40.8 Å². The van der Waals surface area contributed by atoms with E-state index in [1.54, 1.807) is 18.2 Å². The van der Waals surface area contributed by atoms with Crippen molar-refractivity contribution in [3.05, 3.63) is 42.0 Å². The number of carbonyl (C=O) groups excluding carboxylic acids is 1. The van der Waals surface area contributed by atoms with Gasteiger partial charge in [0.2, 0.25) is 0 Å². The molecule has 104 valence electrons. The van der Waals surface area contributed by atoms with Crippen LogP contribution in [0.5, 0.6) is 0 Å². The predicted molar refractivity (Wildman–Crippen MR) is 67.9 cm³/mol. The molecule has 1 rings (SSSR count). The molecule has 0 saturated carbocycles. The Morgan fingerprint density at radius 2 is 1.74 bits per heavy atom. The van der Waals surface area contributed by atoms with E-state index in [9.17, 15) is 22.2 Å². The summed E-state index contributed by atoms with van der Waals surface area (Å²) < 4.78 is 52.1. The number of rotatable bonds is 3. The van der Waals surface area contributed by atoms with Crippen molar-refractivity contribution in [1.29, 1.82) is 0 Å². The maximum absolute atomic E-state index is 12.3. The van der Waals surface area contributed by atoms with Crippen molar-refractivity contribution in [2.24, 2.45) is 4.36 Å². The largest absolute Gasteiger partial charge is 0.454 e. The SMILES string of the molecule is CS(C)(=O)=N/C(=C/C(=O)C(F)(F)F)c1ccccc1. The number of benzene rings is 1. The molecule has 1 aromatic carbocycles. The molecule has 0 amide bonds. The van der Waals surface area contributed by atoms with Gasteiger partial charge in [0.15, 0.2) is 0 Å². The normalized spacial score (nSPS) is 13.2. The molecular formula is C12H12F3NO2S. The van der Waals surface area contributed by atoms with Gasteiger partial charge < -0.3 is 0 Å². The number of hydrogen-bond donors (Lipinski definition) is 0. The summed E-state index contributed by atoms with van der Waals surface area (Å²) in [6, 6.07) is 7.82. The fourth-order valence-electron chi connectivity index (χ4n) is 1.21. The maximum Gasteiger partial charge on any atom is 0.454 e. The van der Waals surface area contributed by atoms with Crippen LogP contribution in [0.2, 0.25) is 0 Å². The first-order chi connectivity index (χ1) is 8.59. The quantitative estimate of drug-likeness (QED) is 0.804. The minimum absolute atomic E-state index is 0.238. The van der Waals surface area contributed by atoms with Crippen LogP contribution in [0.4, 0.5) is 13.2 Å². The third kappa shape index (κ3) is 5.25. The average molecular weight is 291 g/mol. The predicted octanol–water partition coefficient (Wildman–Crippen LogP) is 2.89. The summed E-state index contributed by atoms with van der Waals surface area (Å²) in [5.41, 5.74) is 0.0643. The Bertz CT molecular complexity index is 604. The second-order valence-electron chi connectivity index (χ2n) is 4.03. The number of halogens is 3. The highest BCUT2D eigenvalue weighted by molar-refractivity contribution is 7.92. The van der Waals surface area contributed by atoms with Crippen molar-refractivity contribution >= 4 is 21.2 Å². The van der Waals surface area contributed by atoms with Crippen LogP contribution >= 0.6 is 0 Å². The van der Waals surface area contributed by atoms with Crippen molar-refractivity contribution in [3.8, 4) is 0 Å². The molecule has 3 nitrogen and oxygen atoms in total. The molecule has 0 N–H and O–H groups in total. The molecule has 0 aliphatic heterocycles. The molecule has 0 saturated heterocycles. The Labute approximate surface area is 109 Å². The van der Waals surface area contributed by atoms with Crippen LogP contribution in [0.1, 0.15) is 5.56 Å². The van der Waals surface area contributed by atoms with Gasteiger partial charge in [0.25, 0.3) is 5.78 Å². The van der Waals surface area contributed by atoms with Crippen LogP contribution in [0.3, 0.4) is 0 Å². The zero-order valence-corrected chi connectivity index (χ0v) is 11.1. The van der Waals surface area contributed by atoms with E-state index < -0.39 is 21.7 Å². The van der Waals surface area contributed by atoms with E-state index >= 15 is 0 Å². The monoisotopic (exact) mass is 291 g/mol. The van der Waals surface area contributed by atoms with Crippen LogP contribution in [0, 0.1) is 0 Å². The van der Waals surface area contributed by atoms with E-state index in [1.165, 1.54) is 24.6 Å². The van der Waals surface area contributed by atoms with Crippen LogP contribution < -0.4 is 0 Å². The zero-order valence-electron chi connectivity index (χ0n) is 10.3. The summed E-state index contributed by atoms with van der Waals surface area (Å²) in [4.78, 5) is 11.0. The molecular weight excluding hydrogens is 279 g/mol. The van der Waals surface area contributed by atoms with Gasteiger partial charge >= 0.3 is 6.18 Å². The first-order valence-electron chi connectivity index (χ1n) is 5.15. The molecule has 0 aliphatic rings. The molecule has 1 aromatic rings. The van der Waals surface area contributed by atoms with Gasteiger partial charge in [-0.2, -0.15) is 17.5 Å². The Balaban J connectivity index is 3.35. The lowest BCUT2D eigenvalue weighted by atomic mass is 10.1. The molecule has 0 spiro atoms. The van der Waals surface area contributed by atoms with Gasteiger partial charge in [-0.3, -0.25) is 4.79 Å². The van der Waals surface area contributed by atoms with Gasteiger partial charge in [0.05, 0.1) is 5.70 Å². The zero-order chi connectivity index (χ0) is 14.7. The summed E-state index contributed by atoms with van der Waals surface area (Å²) in [7, 11) is -2.68. The van der Waals surface area contributed by atoms with Crippen molar-refractivity contribution in [3.63, 3.8) is 0 Å². The van der Waals surface area contributed by atoms with Crippen LogP contribution in [-0.4, -0.2) is 28.7 Å². The molecule has 0 aliphatic carbocycles. The summed E-state index contributed by atoms with van der Waals surface area (Å²) in [5.74, 6) is -2.03. The number of carbonyl (C=O) groups is 1. The second kappa shape index (κ2) is 5.56. The molecule has 0 heterocycles. The number of alkyl halides is 3. The van der Waals surface area contributed by atoms with Crippen molar-refractivity contribution < 1.29 is 22.2 Å². The van der Waals surface area contributed by atoms with E-state index in [2.05, 4.69) is 4.36 Å². The molecule has 0 atom stereocenters. The number of allylic oxidation sites excluding steroid dienone is 1. The Kier molecular flexibility index (Phi) is 4.52. The van der Waals surface area contributed by atoms with Gasteiger partial charge in [-0.05, 0) is 0 Å². The molecule has 0 radical (unpaired) electrons. The minimum Gasteiger partial charge on any atom is -0.285 e. The van der Waals surface area contributed by atoms with Crippen molar-refractivity contribution in [2.75, 3.05) is 12.5 Å². The second-order valence-corrected chi connectivity index (χ2v) is 6.58. The molecule has 0 unspecified atom stereocenters. The van der Waals surface area contributed by atoms with Crippen molar-refractivity contribution in [1.82, 2.24) is 0 Å². The van der Waals surface area contributed by atoms with Gasteiger partial charge in [0, 0.05) is 33.9 Å². The summed E-state index contributed by atoms with van der Waals surface area (Å²) in [5, 5.41) is 0. The Morgan fingerprint density at radius 3 is 2.16 bits per heavy atom. The standard InChI is InChI=1S/C12H12F3NO2S/c1-19(2,18)16-10(8-11(17)12(13,14)15)9-6-4-3-5-7-9/h3-8H,1-2H3/b10-8+. The highest BCUT2D eigenvalue weighted by Crippen LogP contribution is 2.22. The highest BCUT2D eigenvalue weighted by atomic mass is 32.2. The summed E-state index contributed by atoms with van der Waals surface area (Å²) in [6.07, 6.45) is -2.05. The van der Waals surface area contributed by atoms with Crippen molar-refractivity contribution in [2.45, 2.75) is 6.18 Å². The lowest BCUT2D eigenvalue weighted by Gasteiger charge is -2.05. The summed E-state index contributed by atoms with van der Waals surface area (Å²) in [6.45, 7) is 0. The number of nitrogens with zero attached hydrogens (tertiary/aromatic N) is 1. The first-order valence-corrected chi connectivity index (χ1v) is 7.48.